The number of ether oxygens (including phenoxy) is 2. The monoisotopic (exact) mass is 479 g/mol. The summed E-state index contributed by atoms with van der Waals surface area (Å²) >= 11 is 0. The molecular weight excluding hydrogens is 442 g/mol. The Kier molecular flexibility index (Phi) is 6.08. The van der Waals surface area contributed by atoms with Gasteiger partial charge in [-0.1, -0.05) is 13.0 Å². The van der Waals surface area contributed by atoms with Crippen molar-refractivity contribution in [1.82, 2.24) is 14.7 Å². The summed E-state index contributed by atoms with van der Waals surface area (Å²) in [4.78, 5) is 20.3. The average molecular weight is 480 g/mol. The molecule has 1 aromatic carbocycles. The van der Waals surface area contributed by atoms with Crippen molar-refractivity contribution < 1.29 is 18.7 Å². The Labute approximate surface area is 208 Å². The van der Waals surface area contributed by atoms with Crippen LogP contribution in [0.1, 0.15) is 60.6 Å². The van der Waals surface area contributed by atoms with Crippen LogP contribution in [0, 0.1) is 13.8 Å². The number of likely N-dealkylation sites (tertiary alicyclic amines) is 1. The van der Waals surface area contributed by atoms with Crippen molar-refractivity contribution in [2.75, 3.05) is 33.9 Å². The zero-order valence-electron chi connectivity index (χ0n) is 21.8. The third-order valence-corrected chi connectivity index (χ3v) is 8.35. The van der Waals surface area contributed by atoms with Gasteiger partial charge in [-0.3, -0.25) is 9.80 Å². The number of hydrogen-bond acceptors (Lipinski definition) is 5. The second-order valence-electron chi connectivity index (χ2n) is 10.1. The van der Waals surface area contributed by atoms with Gasteiger partial charge in [-0.15, -0.1) is 0 Å². The van der Waals surface area contributed by atoms with Crippen molar-refractivity contribution in [2.24, 2.45) is 0 Å². The molecule has 35 heavy (non-hydrogen) atoms. The molecule has 7 nitrogen and oxygen atoms in total. The van der Waals surface area contributed by atoms with E-state index >= 15 is 0 Å². The fourth-order valence-corrected chi connectivity index (χ4v) is 6.26. The summed E-state index contributed by atoms with van der Waals surface area (Å²) < 4.78 is 17.1. The van der Waals surface area contributed by atoms with Crippen molar-refractivity contribution in [3.05, 3.63) is 58.2 Å². The molecular formula is C28H37N3O4. The Hall–Kier alpha value is -2.93. The number of allylic oxidation sites excluding steroid dienone is 1. The molecule has 1 aromatic heterocycles. The number of methoxy groups -OCH3 is 2. The van der Waals surface area contributed by atoms with Gasteiger partial charge in [-0.25, -0.2) is 4.79 Å². The zero-order valence-corrected chi connectivity index (χ0v) is 21.8. The highest BCUT2D eigenvalue weighted by Crippen LogP contribution is 2.49. The number of hydrogen-bond donors (Lipinski definition) is 0. The van der Waals surface area contributed by atoms with Gasteiger partial charge in [0.05, 0.1) is 39.1 Å². The van der Waals surface area contributed by atoms with Gasteiger partial charge in [0.25, 0.3) is 0 Å². The lowest BCUT2D eigenvalue weighted by Gasteiger charge is -2.44. The van der Waals surface area contributed by atoms with Gasteiger partial charge < -0.3 is 18.8 Å². The van der Waals surface area contributed by atoms with E-state index in [2.05, 4.69) is 49.6 Å². The summed E-state index contributed by atoms with van der Waals surface area (Å²) in [5.74, 6) is 2.74. The number of rotatable bonds is 5. The number of fused-ring (bicyclic) bond motifs is 3. The Morgan fingerprint density at radius 3 is 2.49 bits per heavy atom. The molecule has 5 rings (SSSR count). The number of piperidine rings is 1. The highest BCUT2D eigenvalue weighted by molar-refractivity contribution is 5.83. The van der Waals surface area contributed by atoms with Crippen LogP contribution in [-0.2, 0) is 13.1 Å². The molecule has 0 aliphatic carbocycles. The van der Waals surface area contributed by atoms with Crippen LogP contribution in [0.15, 0.2) is 34.6 Å². The van der Waals surface area contributed by atoms with Crippen molar-refractivity contribution >= 4 is 6.03 Å². The van der Waals surface area contributed by atoms with Gasteiger partial charge >= 0.3 is 6.03 Å². The predicted octanol–water partition coefficient (Wildman–Crippen LogP) is 5.21. The van der Waals surface area contributed by atoms with Gasteiger partial charge in [-0.2, -0.15) is 0 Å². The number of carbonyl (C=O) groups excluding carboxylic acids is 1. The summed E-state index contributed by atoms with van der Waals surface area (Å²) in [6.45, 7) is 12.4. The van der Waals surface area contributed by atoms with Gasteiger partial charge in [0.15, 0.2) is 0 Å². The molecule has 2 aromatic rings. The molecule has 4 heterocycles. The number of amides is 2. The van der Waals surface area contributed by atoms with E-state index in [9.17, 15) is 4.79 Å². The maximum atomic E-state index is 13.8. The SMILES string of the molecule is CCN1C(=O)N2Cc3cc(OC)cc(OC)c3C(C)C=C2C12CCN(Cc1occ(C)c1C)CC2. The summed E-state index contributed by atoms with van der Waals surface area (Å²) in [5.41, 5.74) is 5.55. The summed E-state index contributed by atoms with van der Waals surface area (Å²) in [6, 6.07) is 4.10. The van der Waals surface area contributed by atoms with Gasteiger partial charge in [0, 0.05) is 42.9 Å². The molecule has 1 unspecified atom stereocenters. The van der Waals surface area contributed by atoms with E-state index < -0.39 is 0 Å². The van der Waals surface area contributed by atoms with Crippen molar-refractivity contribution in [2.45, 2.75) is 65.1 Å². The van der Waals surface area contributed by atoms with E-state index in [1.807, 2.05) is 17.2 Å². The smallest absolute Gasteiger partial charge is 0.325 e. The number of nitrogens with zero attached hydrogens (tertiary/aromatic N) is 3. The van der Waals surface area contributed by atoms with Crippen LogP contribution in [0.3, 0.4) is 0 Å². The number of aryl methyl sites for hydroxylation is 1. The van der Waals surface area contributed by atoms with E-state index in [-0.39, 0.29) is 17.5 Å². The molecule has 0 saturated carbocycles. The molecule has 2 saturated heterocycles. The first-order valence-corrected chi connectivity index (χ1v) is 12.6. The molecule has 0 N–H and O–H groups in total. The molecule has 3 aliphatic rings. The predicted molar refractivity (Wildman–Crippen MR) is 135 cm³/mol. The molecule has 3 aliphatic heterocycles. The fourth-order valence-electron chi connectivity index (χ4n) is 6.26. The lowest BCUT2D eigenvalue weighted by Crippen LogP contribution is -2.53. The maximum Gasteiger partial charge on any atom is 0.325 e. The van der Waals surface area contributed by atoms with Gasteiger partial charge in [0.1, 0.15) is 17.3 Å². The van der Waals surface area contributed by atoms with E-state index in [1.165, 1.54) is 11.1 Å². The third kappa shape index (κ3) is 3.71. The number of likely N-dealkylation sites (N-methyl/N-ethyl adjacent to an activating group) is 1. The van der Waals surface area contributed by atoms with Crippen molar-refractivity contribution in [1.29, 1.82) is 0 Å². The van der Waals surface area contributed by atoms with Crippen LogP contribution in [0.25, 0.3) is 0 Å². The van der Waals surface area contributed by atoms with Crippen LogP contribution in [0.5, 0.6) is 11.5 Å². The highest BCUT2D eigenvalue weighted by atomic mass is 16.5. The number of furan rings is 1. The summed E-state index contributed by atoms with van der Waals surface area (Å²) in [7, 11) is 3.36. The Bertz CT molecular complexity index is 1160. The second-order valence-corrected chi connectivity index (χ2v) is 10.1. The van der Waals surface area contributed by atoms with Gasteiger partial charge in [-0.05, 0) is 56.4 Å². The van der Waals surface area contributed by atoms with Crippen LogP contribution < -0.4 is 9.47 Å². The molecule has 1 spiro atoms. The van der Waals surface area contributed by atoms with E-state index in [1.54, 1.807) is 14.2 Å². The van der Waals surface area contributed by atoms with E-state index in [4.69, 9.17) is 13.9 Å². The van der Waals surface area contributed by atoms with Crippen LogP contribution in [0.4, 0.5) is 4.79 Å². The molecule has 0 bridgehead atoms. The quantitative estimate of drug-likeness (QED) is 0.589. The highest BCUT2D eigenvalue weighted by Gasteiger charge is 2.54. The fraction of sp³-hybridized carbons (Fsp3) is 0.536. The minimum absolute atomic E-state index is 0.103. The summed E-state index contributed by atoms with van der Waals surface area (Å²) in [6.07, 6.45) is 5.99. The lowest BCUT2D eigenvalue weighted by atomic mass is 9.82. The number of carbonyl (C=O) groups is 1. The lowest BCUT2D eigenvalue weighted by molar-refractivity contribution is 0.0851. The molecule has 188 valence electrons. The van der Waals surface area contributed by atoms with E-state index in [0.717, 1.165) is 66.6 Å². The third-order valence-electron chi connectivity index (χ3n) is 8.35. The zero-order chi connectivity index (χ0) is 24.9. The normalized spacial score (nSPS) is 21.6. The maximum absolute atomic E-state index is 13.8. The first kappa shape index (κ1) is 23.8. The number of urea groups is 1. The number of benzene rings is 1. The topological polar surface area (TPSA) is 58.4 Å². The summed E-state index contributed by atoms with van der Waals surface area (Å²) in [5, 5.41) is 0. The van der Waals surface area contributed by atoms with Crippen molar-refractivity contribution in [3.8, 4) is 11.5 Å². The second kappa shape index (κ2) is 8.94. The Morgan fingerprint density at radius 2 is 1.89 bits per heavy atom. The first-order valence-electron chi connectivity index (χ1n) is 12.6. The van der Waals surface area contributed by atoms with Crippen LogP contribution in [-0.4, -0.2) is 60.1 Å². The molecule has 0 radical (unpaired) electrons. The molecule has 1 atom stereocenters. The Balaban J connectivity index is 1.47. The van der Waals surface area contributed by atoms with Gasteiger partial charge in [0.2, 0.25) is 0 Å². The average Bonchev–Trinajstić information content (AvgIpc) is 3.20. The standard InChI is InChI=1S/C28H37N3O4/c1-7-31-27(32)30-15-21-13-22(33-5)14-23(34-6)26(21)18(2)12-25(30)28(31)8-10-29(11-9-28)16-24-20(4)19(3)17-35-24/h12-14,17-18H,7-11,15-16H2,1-6H3. The minimum atomic E-state index is -0.274. The van der Waals surface area contributed by atoms with Crippen LogP contribution >= 0.6 is 0 Å². The largest absolute Gasteiger partial charge is 0.497 e. The van der Waals surface area contributed by atoms with Crippen LogP contribution in [0.2, 0.25) is 0 Å². The first-order chi connectivity index (χ1) is 16.8. The van der Waals surface area contributed by atoms with E-state index in [0.29, 0.717) is 13.1 Å². The van der Waals surface area contributed by atoms with Crippen molar-refractivity contribution in [3.63, 3.8) is 0 Å². The molecule has 2 amide bonds. The molecule has 7 heteroatoms. The minimum Gasteiger partial charge on any atom is -0.497 e. The molecule has 2 fully saturated rings. The Morgan fingerprint density at radius 1 is 1.14 bits per heavy atom.